The van der Waals surface area contributed by atoms with E-state index in [9.17, 15) is 0 Å². The summed E-state index contributed by atoms with van der Waals surface area (Å²) in [5, 5.41) is 4.21. The van der Waals surface area contributed by atoms with Gasteiger partial charge in [0.15, 0.2) is 5.82 Å². The van der Waals surface area contributed by atoms with E-state index < -0.39 is 0 Å². The number of hydrogen-bond donors (Lipinski definition) is 1. The van der Waals surface area contributed by atoms with Crippen LogP contribution >= 0.6 is 0 Å². The summed E-state index contributed by atoms with van der Waals surface area (Å²) in [6, 6.07) is 7.81. The van der Waals surface area contributed by atoms with Crippen LogP contribution in [0.2, 0.25) is 0 Å². The molecule has 0 saturated carbocycles. The van der Waals surface area contributed by atoms with Gasteiger partial charge < -0.3 is 10.5 Å². The summed E-state index contributed by atoms with van der Waals surface area (Å²) in [5.41, 5.74) is 6.67. The molecule has 0 bridgehead atoms. The molecule has 84 valence electrons. The Hall–Kier alpha value is -2.04. The average Bonchev–Trinajstić information content (AvgIpc) is 2.59. The molecule has 2 N–H and O–H groups in total. The fourth-order valence-electron chi connectivity index (χ4n) is 1.55. The number of aromatic nitrogens is 3. The molecule has 0 fully saturated rings. The lowest BCUT2D eigenvalue weighted by Crippen LogP contribution is -1.98. The number of aryl methyl sites for hydroxylation is 1. The third kappa shape index (κ3) is 1.98. The Bertz CT molecular complexity index is 473. The zero-order valence-electron chi connectivity index (χ0n) is 9.34. The van der Waals surface area contributed by atoms with Crippen molar-refractivity contribution >= 4 is 5.95 Å². The van der Waals surface area contributed by atoms with E-state index in [2.05, 4.69) is 10.1 Å². The van der Waals surface area contributed by atoms with Crippen molar-refractivity contribution in [1.29, 1.82) is 0 Å². The highest BCUT2D eigenvalue weighted by Gasteiger charge is 2.08. The lowest BCUT2D eigenvalue weighted by atomic mass is 10.1. The van der Waals surface area contributed by atoms with Gasteiger partial charge in [0.2, 0.25) is 5.95 Å². The SMILES string of the molecule is COc1ccccc1Cc1nc(N)n(C)n1. The molecule has 5 nitrogen and oxygen atoms in total. The van der Waals surface area contributed by atoms with Crippen LogP contribution in [0.25, 0.3) is 0 Å². The van der Waals surface area contributed by atoms with E-state index in [1.165, 1.54) is 0 Å². The number of benzene rings is 1. The van der Waals surface area contributed by atoms with Gasteiger partial charge in [0.25, 0.3) is 0 Å². The van der Waals surface area contributed by atoms with Crippen LogP contribution in [0.5, 0.6) is 5.75 Å². The number of rotatable bonds is 3. The maximum atomic E-state index is 5.62. The number of nitrogen functional groups attached to an aromatic ring is 1. The van der Waals surface area contributed by atoms with Gasteiger partial charge in [0, 0.05) is 19.0 Å². The van der Waals surface area contributed by atoms with E-state index in [0.29, 0.717) is 18.2 Å². The Balaban J connectivity index is 2.26. The number of nitrogens with two attached hydrogens (primary N) is 1. The summed E-state index contributed by atoms with van der Waals surface area (Å²) < 4.78 is 6.82. The van der Waals surface area contributed by atoms with Crippen molar-refractivity contribution in [3.63, 3.8) is 0 Å². The number of nitrogens with zero attached hydrogens (tertiary/aromatic N) is 3. The molecular formula is C11H14N4O. The number of anilines is 1. The highest BCUT2D eigenvalue weighted by atomic mass is 16.5. The molecule has 0 atom stereocenters. The van der Waals surface area contributed by atoms with Crippen LogP contribution in [0.15, 0.2) is 24.3 Å². The summed E-state index contributed by atoms with van der Waals surface area (Å²) in [6.45, 7) is 0. The molecule has 0 unspecified atom stereocenters. The molecule has 1 aromatic heterocycles. The molecule has 5 heteroatoms. The molecule has 0 saturated heterocycles. The Morgan fingerprint density at radius 3 is 2.75 bits per heavy atom. The van der Waals surface area contributed by atoms with Gasteiger partial charge in [0.05, 0.1) is 7.11 Å². The number of methoxy groups -OCH3 is 1. The summed E-state index contributed by atoms with van der Waals surface area (Å²) >= 11 is 0. The van der Waals surface area contributed by atoms with E-state index in [1.54, 1.807) is 18.8 Å². The molecule has 1 aromatic carbocycles. The smallest absolute Gasteiger partial charge is 0.218 e. The predicted molar refractivity (Wildman–Crippen MR) is 61.2 cm³/mol. The topological polar surface area (TPSA) is 66.0 Å². The van der Waals surface area contributed by atoms with Crippen LogP contribution in [0.1, 0.15) is 11.4 Å². The predicted octanol–water partition coefficient (Wildman–Crippen LogP) is 0.997. The van der Waals surface area contributed by atoms with Gasteiger partial charge in [-0.05, 0) is 6.07 Å². The lowest BCUT2D eigenvalue weighted by Gasteiger charge is -2.05. The van der Waals surface area contributed by atoms with Crippen molar-refractivity contribution in [2.24, 2.45) is 7.05 Å². The van der Waals surface area contributed by atoms with Crippen molar-refractivity contribution < 1.29 is 4.74 Å². The molecule has 2 rings (SSSR count). The van der Waals surface area contributed by atoms with Gasteiger partial charge in [-0.15, -0.1) is 0 Å². The Morgan fingerprint density at radius 2 is 2.12 bits per heavy atom. The summed E-state index contributed by atoms with van der Waals surface area (Å²) in [4.78, 5) is 4.15. The first-order valence-corrected chi connectivity index (χ1v) is 4.98. The highest BCUT2D eigenvalue weighted by Crippen LogP contribution is 2.19. The molecule has 0 amide bonds. The lowest BCUT2D eigenvalue weighted by molar-refractivity contribution is 0.410. The average molecular weight is 218 g/mol. The van der Waals surface area contributed by atoms with Crippen molar-refractivity contribution in [3.8, 4) is 5.75 Å². The first-order valence-electron chi connectivity index (χ1n) is 4.98. The monoisotopic (exact) mass is 218 g/mol. The van der Waals surface area contributed by atoms with Gasteiger partial charge in [-0.2, -0.15) is 10.1 Å². The second-order valence-electron chi connectivity index (χ2n) is 3.50. The molecule has 16 heavy (non-hydrogen) atoms. The fourth-order valence-corrected chi connectivity index (χ4v) is 1.55. The minimum absolute atomic E-state index is 0.421. The van der Waals surface area contributed by atoms with Gasteiger partial charge in [-0.3, -0.25) is 0 Å². The van der Waals surface area contributed by atoms with Crippen LogP contribution in [0, 0.1) is 0 Å². The van der Waals surface area contributed by atoms with Crippen LogP contribution < -0.4 is 10.5 Å². The first-order chi connectivity index (χ1) is 7.70. The van der Waals surface area contributed by atoms with Crippen molar-refractivity contribution in [3.05, 3.63) is 35.7 Å². The third-order valence-corrected chi connectivity index (χ3v) is 2.38. The minimum atomic E-state index is 0.421. The largest absolute Gasteiger partial charge is 0.496 e. The Morgan fingerprint density at radius 1 is 1.38 bits per heavy atom. The van der Waals surface area contributed by atoms with Gasteiger partial charge >= 0.3 is 0 Å². The maximum absolute atomic E-state index is 5.62. The second kappa shape index (κ2) is 4.22. The Kier molecular flexibility index (Phi) is 2.76. The zero-order chi connectivity index (χ0) is 11.5. The first kappa shape index (κ1) is 10.5. The van der Waals surface area contributed by atoms with Crippen LogP contribution in [-0.2, 0) is 13.5 Å². The molecule has 0 spiro atoms. The van der Waals surface area contributed by atoms with Gasteiger partial charge in [-0.1, -0.05) is 18.2 Å². The van der Waals surface area contributed by atoms with Gasteiger partial charge in [-0.25, -0.2) is 4.68 Å². The summed E-state index contributed by atoms with van der Waals surface area (Å²) in [6.07, 6.45) is 0.620. The number of para-hydroxylation sites is 1. The van der Waals surface area contributed by atoms with E-state index in [4.69, 9.17) is 10.5 Å². The molecule has 1 heterocycles. The van der Waals surface area contributed by atoms with Crippen molar-refractivity contribution in [2.45, 2.75) is 6.42 Å². The molecule has 0 radical (unpaired) electrons. The summed E-state index contributed by atoms with van der Waals surface area (Å²) in [5.74, 6) is 1.96. The zero-order valence-corrected chi connectivity index (χ0v) is 9.34. The van der Waals surface area contributed by atoms with E-state index in [1.807, 2.05) is 24.3 Å². The minimum Gasteiger partial charge on any atom is -0.496 e. The quantitative estimate of drug-likeness (QED) is 0.834. The maximum Gasteiger partial charge on any atom is 0.218 e. The van der Waals surface area contributed by atoms with Gasteiger partial charge in [0.1, 0.15) is 5.75 Å². The number of hydrogen-bond acceptors (Lipinski definition) is 4. The Labute approximate surface area is 93.9 Å². The van der Waals surface area contributed by atoms with E-state index >= 15 is 0 Å². The van der Waals surface area contributed by atoms with Crippen molar-refractivity contribution in [1.82, 2.24) is 14.8 Å². The summed E-state index contributed by atoms with van der Waals surface area (Å²) in [7, 11) is 3.42. The molecule has 0 aliphatic heterocycles. The molecular weight excluding hydrogens is 204 g/mol. The van der Waals surface area contributed by atoms with Crippen LogP contribution in [-0.4, -0.2) is 21.9 Å². The molecule has 2 aromatic rings. The van der Waals surface area contributed by atoms with E-state index in [0.717, 1.165) is 11.3 Å². The third-order valence-electron chi connectivity index (χ3n) is 2.38. The standard InChI is InChI=1S/C11H14N4O/c1-15-11(12)13-10(14-15)7-8-5-3-4-6-9(8)16-2/h3-6H,7H2,1-2H3,(H2,12,13,14). The number of ether oxygens (including phenoxy) is 1. The fraction of sp³-hybridized carbons (Fsp3) is 0.273. The normalized spacial score (nSPS) is 10.4. The second-order valence-corrected chi connectivity index (χ2v) is 3.50. The highest BCUT2D eigenvalue weighted by molar-refractivity contribution is 5.35. The van der Waals surface area contributed by atoms with E-state index in [-0.39, 0.29) is 0 Å². The van der Waals surface area contributed by atoms with Crippen LogP contribution in [0.3, 0.4) is 0 Å². The van der Waals surface area contributed by atoms with Crippen LogP contribution in [0.4, 0.5) is 5.95 Å². The molecule has 0 aliphatic rings. The van der Waals surface area contributed by atoms with Crippen molar-refractivity contribution in [2.75, 3.05) is 12.8 Å². The molecule has 0 aliphatic carbocycles.